The molecule has 5 nitrogen and oxygen atoms in total. The summed E-state index contributed by atoms with van der Waals surface area (Å²) in [6, 6.07) is 22.2. The molecular weight excluding hydrogens is 364 g/mol. The first-order chi connectivity index (χ1) is 14.2. The minimum Gasteiger partial charge on any atom is -0.491 e. The van der Waals surface area contributed by atoms with Gasteiger partial charge in [-0.25, -0.2) is 0 Å². The van der Waals surface area contributed by atoms with Gasteiger partial charge in [0, 0.05) is 10.8 Å². The van der Waals surface area contributed by atoms with Crippen molar-refractivity contribution in [1.29, 1.82) is 0 Å². The summed E-state index contributed by atoms with van der Waals surface area (Å²) in [5.74, 6) is 0.467. The number of fused-ring (bicyclic) bond motifs is 2. The predicted molar refractivity (Wildman–Crippen MR) is 117 cm³/mol. The van der Waals surface area contributed by atoms with E-state index in [4.69, 9.17) is 4.74 Å². The zero-order valence-corrected chi connectivity index (χ0v) is 16.2. The van der Waals surface area contributed by atoms with Gasteiger partial charge in [-0.3, -0.25) is 9.59 Å². The van der Waals surface area contributed by atoms with Crippen LogP contribution in [0.15, 0.2) is 77.6 Å². The van der Waals surface area contributed by atoms with E-state index >= 15 is 0 Å². The van der Waals surface area contributed by atoms with E-state index in [1.165, 1.54) is 0 Å². The van der Waals surface area contributed by atoms with Gasteiger partial charge in [-0.1, -0.05) is 43.3 Å². The first-order valence-corrected chi connectivity index (χ1v) is 9.71. The van der Waals surface area contributed by atoms with Crippen LogP contribution in [0.3, 0.4) is 0 Å². The Morgan fingerprint density at radius 2 is 1.48 bits per heavy atom. The zero-order chi connectivity index (χ0) is 20.2. The summed E-state index contributed by atoms with van der Waals surface area (Å²) in [6.45, 7) is 2.71. The standard InChI is InChI=1S/C24H22N2O3/c1-2-15-29-22-14-8-5-11-19(22)25-23(27)16-26-20-12-6-3-9-17(20)24(28)18-10-4-7-13-21(18)26/h3-14H,2,15-16H2,1H3,(H,25,27). The van der Waals surface area contributed by atoms with Gasteiger partial charge in [-0.2, -0.15) is 0 Å². The largest absolute Gasteiger partial charge is 0.491 e. The molecule has 29 heavy (non-hydrogen) atoms. The van der Waals surface area contributed by atoms with Gasteiger partial charge in [0.1, 0.15) is 12.3 Å². The van der Waals surface area contributed by atoms with Gasteiger partial charge >= 0.3 is 0 Å². The molecule has 0 fully saturated rings. The summed E-state index contributed by atoms with van der Waals surface area (Å²) >= 11 is 0. The van der Waals surface area contributed by atoms with E-state index in [-0.39, 0.29) is 17.9 Å². The summed E-state index contributed by atoms with van der Waals surface area (Å²) in [7, 11) is 0. The van der Waals surface area contributed by atoms with Crippen LogP contribution in [0, 0.1) is 0 Å². The molecular formula is C24H22N2O3. The van der Waals surface area contributed by atoms with Crippen molar-refractivity contribution in [3.63, 3.8) is 0 Å². The Balaban J connectivity index is 1.72. The lowest BCUT2D eigenvalue weighted by atomic mass is 10.1. The van der Waals surface area contributed by atoms with E-state index < -0.39 is 0 Å². The number of rotatable bonds is 6. The lowest BCUT2D eigenvalue weighted by Gasteiger charge is -2.16. The fourth-order valence-corrected chi connectivity index (χ4v) is 3.49. The molecule has 0 aliphatic heterocycles. The number of pyridine rings is 1. The smallest absolute Gasteiger partial charge is 0.244 e. The van der Waals surface area contributed by atoms with Crippen molar-refractivity contribution >= 4 is 33.4 Å². The number of aromatic nitrogens is 1. The van der Waals surface area contributed by atoms with Crippen LogP contribution in [0.1, 0.15) is 13.3 Å². The minimum atomic E-state index is -0.184. The summed E-state index contributed by atoms with van der Waals surface area (Å²) in [5.41, 5.74) is 2.09. The van der Waals surface area contributed by atoms with Crippen molar-refractivity contribution in [2.75, 3.05) is 11.9 Å². The number of anilines is 1. The third kappa shape index (κ3) is 3.72. The molecule has 0 spiro atoms. The van der Waals surface area contributed by atoms with Crippen LogP contribution in [0.25, 0.3) is 21.8 Å². The van der Waals surface area contributed by atoms with E-state index in [0.29, 0.717) is 28.8 Å². The highest BCUT2D eigenvalue weighted by atomic mass is 16.5. The van der Waals surface area contributed by atoms with Crippen molar-refractivity contribution in [2.45, 2.75) is 19.9 Å². The topological polar surface area (TPSA) is 60.3 Å². The summed E-state index contributed by atoms with van der Waals surface area (Å²) in [6.07, 6.45) is 0.887. The van der Waals surface area contributed by atoms with E-state index in [1.54, 1.807) is 12.1 Å². The molecule has 0 saturated heterocycles. The van der Waals surface area contributed by atoms with E-state index in [2.05, 4.69) is 5.32 Å². The third-order valence-corrected chi connectivity index (χ3v) is 4.80. The molecule has 1 amide bonds. The van der Waals surface area contributed by atoms with Gasteiger partial charge in [0.25, 0.3) is 0 Å². The molecule has 0 radical (unpaired) electrons. The van der Waals surface area contributed by atoms with Crippen molar-refractivity contribution in [1.82, 2.24) is 4.57 Å². The minimum absolute atomic E-state index is 0.0221. The molecule has 0 atom stereocenters. The Kier molecular flexibility index (Phi) is 5.29. The lowest BCUT2D eigenvalue weighted by Crippen LogP contribution is -2.21. The number of para-hydroxylation sites is 4. The summed E-state index contributed by atoms with van der Waals surface area (Å²) in [4.78, 5) is 25.7. The lowest BCUT2D eigenvalue weighted by molar-refractivity contribution is -0.116. The SMILES string of the molecule is CCCOc1ccccc1NC(=O)Cn1c2ccccc2c(=O)c2ccccc21. The number of hydrogen-bond donors (Lipinski definition) is 1. The number of ether oxygens (including phenoxy) is 1. The second-order valence-corrected chi connectivity index (χ2v) is 6.84. The average Bonchev–Trinajstić information content (AvgIpc) is 2.76. The Morgan fingerprint density at radius 1 is 0.897 bits per heavy atom. The van der Waals surface area contributed by atoms with Crippen LogP contribution in [0.2, 0.25) is 0 Å². The van der Waals surface area contributed by atoms with Crippen molar-refractivity contribution in [2.24, 2.45) is 0 Å². The normalized spacial score (nSPS) is 10.9. The van der Waals surface area contributed by atoms with Gasteiger partial charge in [0.2, 0.25) is 5.91 Å². The van der Waals surface area contributed by atoms with Gasteiger partial charge in [0.15, 0.2) is 5.43 Å². The Labute approximate surface area is 168 Å². The second-order valence-electron chi connectivity index (χ2n) is 6.84. The van der Waals surface area contributed by atoms with Gasteiger partial charge in [0.05, 0.1) is 23.3 Å². The molecule has 0 aliphatic carbocycles. The maximum Gasteiger partial charge on any atom is 0.244 e. The molecule has 5 heteroatoms. The number of nitrogens with zero attached hydrogens (tertiary/aromatic N) is 1. The predicted octanol–water partition coefficient (Wildman–Crippen LogP) is 4.58. The van der Waals surface area contributed by atoms with E-state index in [1.807, 2.05) is 72.2 Å². The molecule has 3 aromatic carbocycles. The number of carbonyl (C=O) groups excluding carboxylic acids is 1. The maximum absolute atomic E-state index is 12.9. The third-order valence-electron chi connectivity index (χ3n) is 4.80. The highest BCUT2D eigenvalue weighted by molar-refractivity contribution is 5.97. The molecule has 1 heterocycles. The second kappa shape index (κ2) is 8.19. The fraction of sp³-hybridized carbons (Fsp3) is 0.167. The molecule has 0 bridgehead atoms. The van der Waals surface area contributed by atoms with E-state index in [9.17, 15) is 9.59 Å². The molecule has 4 aromatic rings. The Bertz CT molecular complexity index is 1180. The Hall–Kier alpha value is -3.60. The molecule has 0 aliphatic rings. The van der Waals surface area contributed by atoms with Crippen molar-refractivity contribution in [3.8, 4) is 5.75 Å². The molecule has 0 unspecified atom stereocenters. The summed E-state index contributed by atoms with van der Waals surface area (Å²) in [5, 5.41) is 4.15. The van der Waals surface area contributed by atoms with E-state index in [0.717, 1.165) is 17.5 Å². The maximum atomic E-state index is 12.9. The number of carbonyl (C=O) groups is 1. The first-order valence-electron chi connectivity index (χ1n) is 9.71. The Morgan fingerprint density at radius 3 is 2.14 bits per heavy atom. The van der Waals surface area contributed by atoms with Gasteiger partial charge < -0.3 is 14.6 Å². The molecule has 1 aromatic heterocycles. The first kappa shape index (κ1) is 18.7. The molecule has 0 saturated carbocycles. The number of amides is 1. The summed E-state index contributed by atoms with van der Waals surface area (Å²) < 4.78 is 7.62. The number of benzene rings is 3. The molecule has 4 rings (SSSR count). The highest BCUT2D eigenvalue weighted by Gasteiger charge is 2.14. The van der Waals surface area contributed by atoms with Crippen LogP contribution in [-0.4, -0.2) is 17.1 Å². The molecule has 146 valence electrons. The van der Waals surface area contributed by atoms with Crippen LogP contribution in [0.4, 0.5) is 5.69 Å². The van der Waals surface area contributed by atoms with Gasteiger partial charge in [-0.15, -0.1) is 0 Å². The number of hydrogen-bond acceptors (Lipinski definition) is 3. The highest BCUT2D eigenvalue weighted by Crippen LogP contribution is 2.24. The van der Waals surface area contributed by atoms with Crippen molar-refractivity contribution < 1.29 is 9.53 Å². The van der Waals surface area contributed by atoms with Crippen LogP contribution in [0.5, 0.6) is 5.75 Å². The van der Waals surface area contributed by atoms with Crippen LogP contribution >= 0.6 is 0 Å². The monoisotopic (exact) mass is 386 g/mol. The quantitative estimate of drug-likeness (QED) is 0.493. The average molecular weight is 386 g/mol. The zero-order valence-electron chi connectivity index (χ0n) is 16.2. The molecule has 1 N–H and O–H groups in total. The van der Waals surface area contributed by atoms with Crippen LogP contribution < -0.4 is 15.5 Å². The van der Waals surface area contributed by atoms with Crippen LogP contribution in [-0.2, 0) is 11.3 Å². The fourth-order valence-electron chi connectivity index (χ4n) is 3.49. The number of nitrogens with one attached hydrogen (secondary N) is 1. The van der Waals surface area contributed by atoms with Crippen molar-refractivity contribution in [3.05, 3.63) is 83.0 Å². The van der Waals surface area contributed by atoms with Gasteiger partial charge in [-0.05, 0) is 42.8 Å².